The lowest BCUT2D eigenvalue weighted by Gasteiger charge is -2.40. The number of pyridine rings is 1. The van der Waals surface area contributed by atoms with E-state index in [1.54, 1.807) is 0 Å². The van der Waals surface area contributed by atoms with E-state index in [-0.39, 0.29) is 29.5 Å². The van der Waals surface area contributed by atoms with Crippen LogP contribution >= 0.6 is 0 Å². The van der Waals surface area contributed by atoms with E-state index in [0.29, 0.717) is 5.69 Å². The molecule has 3 aromatic rings. The molecule has 4 heterocycles. The molecule has 0 unspecified atom stereocenters. The summed E-state index contributed by atoms with van der Waals surface area (Å²) in [5.74, 6) is -1.65. The Morgan fingerprint density at radius 1 is 0.833 bits per heavy atom. The van der Waals surface area contributed by atoms with Gasteiger partial charge in [-0.15, -0.1) is 0 Å². The lowest BCUT2D eigenvalue weighted by atomic mass is 9.63. The molecule has 0 spiro atoms. The zero-order valence-corrected chi connectivity index (χ0v) is 15.7. The van der Waals surface area contributed by atoms with Gasteiger partial charge in [-0.05, 0) is 17.7 Å². The van der Waals surface area contributed by atoms with Crippen molar-refractivity contribution < 1.29 is 19.1 Å². The van der Waals surface area contributed by atoms with E-state index in [9.17, 15) is 19.7 Å². The smallest absolute Gasteiger partial charge is 0.269 e. The molecule has 7 rings (SSSR count). The Labute approximate surface area is 171 Å². The summed E-state index contributed by atoms with van der Waals surface area (Å²) in [5, 5.41) is 11.0. The maximum Gasteiger partial charge on any atom is 0.269 e. The molecule has 2 bridgehead atoms. The van der Waals surface area contributed by atoms with Gasteiger partial charge in [-0.2, -0.15) is 4.57 Å². The second-order valence-electron chi connectivity index (χ2n) is 7.92. The van der Waals surface area contributed by atoms with E-state index in [1.165, 1.54) is 29.2 Å². The molecule has 0 N–H and O–H groups in total. The molecule has 2 amide bonds. The normalized spacial score (nSPS) is 25.7. The van der Waals surface area contributed by atoms with E-state index in [4.69, 9.17) is 0 Å². The number of non-ortho nitro benzene ring substituents is 1. The Bertz CT molecular complexity index is 1140. The lowest BCUT2D eigenvalue weighted by molar-refractivity contribution is -0.736. The summed E-state index contributed by atoms with van der Waals surface area (Å²) in [7, 11) is 0. The van der Waals surface area contributed by atoms with Gasteiger partial charge < -0.3 is 0 Å². The monoisotopic (exact) mass is 398 g/mol. The minimum atomic E-state index is -0.499. The summed E-state index contributed by atoms with van der Waals surface area (Å²) in [6.45, 7) is 0. The molecule has 1 saturated heterocycles. The van der Waals surface area contributed by atoms with E-state index in [0.717, 1.165) is 16.8 Å². The molecule has 0 radical (unpaired) electrons. The Kier molecular flexibility index (Phi) is 3.30. The predicted octanol–water partition coefficient (Wildman–Crippen LogP) is 2.74. The third-order valence-electron chi connectivity index (χ3n) is 6.61. The summed E-state index contributed by atoms with van der Waals surface area (Å²) in [6.07, 6.45) is 1.98. The first-order valence-electron chi connectivity index (χ1n) is 9.79. The van der Waals surface area contributed by atoms with Crippen LogP contribution in [0.3, 0.4) is 0 Å². The highest BCUT2D eigenvalue weighted by Gasteiger charge is 2.66. The van der Waals surface area contributed by atoms with Crippen LogP contribution in [0.5, 0.6) is 0 Å². The van der Waals surface area contributed by atoms with Crippen molar-refractivity contribution in [2.24, 2.45) is 11.8 Å². The highest BCUT2D eigenvalue weighted by Crippen LogP contribution is 2.55. The van der Waals surface area contributed by atoms with Gasteiger partial charge in [0.15, 0.2) is 17.9 Å². The average molecular weight is 398 g/mol. The zero-order chi connectivity index (χ0) is 20.6. The van der Waals surface area contributed by atoms with Crippen LogP contribution in [0, 0.1) is 22.0 Å². The summed E-state index contributed by atoms with van der Waals surface area (Å²) in [5.41, 5.74) is 3.52. The van der Waals surface area contributed by atoms with Crippen LogP contribution in [-0.2, 0) is 9.59 Å². The molecule has 7 nitrogen and oxygen atoms in total. The van der Waals surface area contributed by atoms with Crippen molar-refractivity contribution in [1.82, 2.24) is 0 Å². The number of nitro benzene ring substituents is 1. The Morgan fingerprint density at radius 3 is 2.23 bits per heavy atom. The van der Waals surface area contributed by atoms with Crippen molar-refractivity contribution in [2.75, 3.05) is 4.90 Å². The molecule has 1 fully saturated rings. The van der Waals surface area contributed by atoms with Gasteiger partial charge >= 0.3 is 0 Å². The van der Waals surface area contributed by atoms with Gasteiger partial charge in [-0.1, -0.05) is 30.3 Å². The summed E-state index contributed by atoms with van der Waals surface area (Å²) in [6, 6.07) is 19.3. The molecule has 4 aliphatic rings. The number of amides is 2. The van der Waals surface area contributed by atoms with Crippen LogP contribution < -0.4 is 9.47 Å². The van der Waals surface area contributed by atoms with E-state index >= 15 is 0 Å². The SMILES string of the molecule is O=C1[C@@H]2[C@@H]3c4ccccc4[C@H]([C@H]2C(=O)N1c1ccc([N+](=O)[O-])cc1)[n+]1ccccc13. The molecule has 30 heavy (non-hydrogen) atoms. The van der Waals surface area contributed by atoms with Crippen molar-refractivity contribution >= 4 is 23.2 Å². The van der Waals surface area contributed by atoms with Crippen LogP contribution in [0.1, 0.15) is 28.8 Å². The summed E-state index contributed by atoms with van der Waals surface area (Å²) in [4.78, 5) is 38.8. The first-order chi connectivity index (χ1) is 14.6. The number of benzene rings is 2. The molecule has 7 heteroatoms. The number of anilines is 1. The summed E-state index contributed by atoms with van der Waals surface area (Å²) < 4.78 is 2.12. The fourth-order valence-electron chi connectivity index (χ4n) is 5.48. The second-order valence-corrected chi connectivity index (χ2v) is 7.92. The quantitative estimate of drug-likeness (QED) is 0.288. The molecule has 4 atom stereocenters. The number of carbonyl (C=O) groups is 2. The minimum Gasteiger partial charge on any atom is -0.274 e. The number of carbonyl (C=O) groups excluding carboxylic acids is 2. The predicted molar refractivity (Wildman–Crippen MR) is 106 cm³/mol. The van der Waals surface area contributed by atoms with Gasteiger partial charge in [0, 0.05) is 29.8 Å². The van der Waals surface area contributed by atoms with Crippen molar-refractivity contribution in [3.05, 3.63) is 99.9 Å². The molecular formula is C23H16N3O4+. The number of nitrogens with zero attached hydrogens (tertiary/aromatic N) is 3. The van der Waals surface area contributed by atoms with Crippen molar-refractivity contribution in [2.45, 2.75) is 12.0 Å². The standard InChI is InChI=1S/C23H16N3O4/c27-22-19-18-15-5-1-2-6-16(15)21(24-12-4-3-7-17(18)24)20(19)23(28)25(22)13-8-10-14(11-9-13)26(29)30/h1-12,18-21H/q+1/t18-,19-,20+,21-/m1/s1. The van der Waals surface area contributed by atoms with Crippen LogP contribution in [0.15, 0.2) is 72.9 Å². The van der Waals surface area contributed by atoms with Gasteiger partial charge in [0.25, 0.3) is 5.69 Å². The van der Waals surface area contributed by atoms with Gasteiger partial charge in [0.1, 0.15) is 5.92 Å². The Hall–Kier alpha value is -3.87. The van der Waals surface area contributed by atoms with Gasteiger partial charge in [0.05, 0.1) is 22.4 Å². The molecule has 2 aromatic carbocycles. The second kappa shape index (κ2) is 5.82. The number of hydrogen-bond acceptors (Lipinski definition) is 4. The van der Waals surface area contributed by atoms with Crippen LogP contribution in [0.25, 0.3) is 0 Å². The van der Waals surface area contributed by atoms with E-state index in [1.807, 2.05) is 48.7 Å². The number of rotatable bonds is 2. The molecule has 3 aliphatic heterocycles. The molecule has 1 aliphatic carbocycles. The first kappa shape index (κ1) is 17.0. The third kappa shape index (κ3) is 2.01. The molecule has 0 saturated carbocycles. The first-order valence-corrected chi connectivity index (χ1v) is 9.79. The highest BCUT2D eigenvalue weighted by atomic mass is 16.6. The zero-order valence-electron chi connectivity index (χ0n) is 15.7. The van der Waals surface area contributed by atoms with Crippen LogP contribution in [-0.4, -0.2) is 16.7 Å². The Morgan fingerprint density at radius 2 is 1.50 bits per heavy atom. The minimum absolute atomic E-state index is 0.0781. The largest absolute Gasteiger partial charge is 0.274 e. The molecule has 1 aromatic heterocycles. The van der Waals surface area contributed by atoms with E-state index < -0.39 is 16.8 Å². The number of hydrogen-bond donors (Lipinski definition) is 0. The molecular weight excluding hydrogens is 382 g/mol. The number of imide groups is 1. The summed E-state index contributed by atoms with van der Waals surface area (Å²) >= 11 is 0. The van der Waals surface area contributed by atoms with Crippen molar-refractivity contribution in [3.8, 4) is 0 Å². The number of nitro groups is 1. The topological polar surface area (TPSA) is 84.4 Å². The van der Waals surface area contributed by atoms with Crippen LogP contribution in [0.2, 0.25) is 0 Å². The molecule has 146 valence electrons. The number of aromatic nitrogens is 1. The maximum atomic E-state index is 13.5. The van der Waals surface area contributed by atoms with Crippen molar-refractivity contribution in [1.29, 1.82) is 0 Å². The highest BCUT2D eigenvalue weighted by molar-refractivity contribution is 6.23. The fourth-order valence-corrected chi connectivity index (χ4v) is 5.48. The Balaban J connectivity index is 1.51. The van der Waals surface area contributed by atoms with E-state index in [2.05, 4.69) is 4.57 Å². The van der Waals surface area contributed by atoms with Crippen molar-refractivity contribution in [3.63, 3.8) is 0 Å². The van der Waals surface area contributed by atoms with Crippen LogP contribution in [0.4, 0.5) is 11.4 Å². The maximum absolute atomic E-state index is 13.5. The van der Waals surface area contributed by atoms with Gasteiger partial charge in [0.2, 0.25) is 11.8 Å². The average Bonchev–Trinajstić information content (AvgIpc) is 3.04. The lowest BCUT2D eigenvalue weighted by Crippen LogP contribution is -2.59. The van der Waals surface area contributed by atoms with Gasteiger partial charge in [-0.3, -0.25) is 19.7 Å². The van der Waals surface area contributed by atoms with Gasteiger partial charge in [-0.25, -0.2) is 4.90 Å². The third-order valence-corrected chi connectivity index (χ3v) is 6.61. The fraction of sp³-hybridized carbons (Fsp3) is 0.174.